The van der Waals surface area contributed by atoms with Gasteiger partial charge in [0.2, 0.25) is 5.91 Å². The molecule has 0 unspecified atom stereocenters. The molecule has 0 saturated carbocycles. The highest BCUT2D eigenvalue weighted by atomic mass is 16.6. The lowest BCUT2D eigenvalue weighted by molar-refractivity contribution is -0.384. The molecule has 0 bridgehead atoms. The van der Waals surface area contributed by atoms with Crippen LogP contribution in [-0.4, -0.2) is 53.3 Å². The summed E-state index contributed by atoms with van der Waals surface area (Å²) in [4.78, 5) is 53.8. The molecule has 0 atom stereocenters. The van der Waals surface area contributed by atoms with Crippen molar-refractivity contribution >= 4 is 28.5 Å². The second-order valence-electron chi connectivity index (χ2n) is 9.35. The van der Waals surface area contributed by atoms with E-state index in [1.54, 1.807) is 12.1 Å². The maximum absolute atomic E-state index is 13.7. The molecule has 0 N–H and O–H groups in total. The van der Waals surface area contributed by atoms with Gasteiger partial charge in [0.1, 0.15) is 12.1 Å². The molecule has 1 aromatic heterocycles. The summed E-state index contributed by atoms with van der Waals surface area (Å²) in [7, 11) is 1.47. The van der Waals surface area contributed by atoms with E-state index in [9.17, 15) is 24.5 Å². The molecule has 0 aliphatic carbocycles. The number of carbonyl (C=O) groups excluding carboxylic acids is 2. The van der Waals surface area contributed by atoms with Crippen LogP contribution in [-0.2, 0) is 22.6 Å². The van der Waals surface area contributed by atoms with E-state index in [0.29, 0.717) is 16.5 Å². The molecule has 2 amide bonds. The maximum atomic E-state index is 13.7. The summed E-state index contributed by atoms with van der Waals surface area (Å²) < 4.78 is 10.8. The Bertz CT molecular complexity index is 1580. The van der Waals surface area contributed by atoms with E-state index < -0.39 is 16.7 Å². The van der Waals surface area contributed by atoms with E-state index in [1.165, 1.54) is 47.4 Å². The highest BCUT2D eigenvalue weighted by Crippen LogP contribution is 2.18. The van der Waals surface area contributed by atoms with Gasteiger partial charge in [-0.1, -0.05) is 48.0 Å². The Morgan fingerprint density at radius 2 is 1.75 bits per heavy atom. The van der Waals surface area contributed by atoms with Gasteiger partial charge in [0.05, 0.1) is 35.3 Å². The van der Waals surface area contributed by atoms with Crippen molar-refractivity contribution < 1.29 is 23.7 Å². The molecule has 206 valence electrons. The molecule has 0 spiro atoms. The molecule has 4 rings (SSSR count). The minimum absolute atomic E-state index is 0.0386. The van der Waals surface area contributed by atoms with Gasteiger partial charge in [-0.15, -0.1) is 0 Å². The molecule has 10 nitrogen and oxygen atoms in total. The van der Waals surface area contributed by atoms with Gasteiger partial charge < -0.3 is 19.0 Å². The monoisotopic (exact) mass is 543 g/mol. The van der Waals surface area contributed by atoms with Gasteiger partial charge in [0.15, 0.2) is 5.43 Å². The maximum Gasteiger partial charge on any atom is 0.270 e. The van der Waals surface area contributed by atoms with Crippen LogP contribution < -0.4 is 5.43 Å². The minimum atomic E-state index is -0.584. The van der Waals surface area contributed by atoms with Crippen LogP contribution in [0.2, 0.25) is 0 Å². The number of ether oxygens (including phenoxy) is 1. The number of nitro benzene ring substituents is 1. The molecular weight excluding hydrogens is 514 g/mol. The summed E-state index contributed by atoms with van der Waals surface area (Å²) in [6.45, 7) is 1.94. The molecule has 4 aromatic rings. The van der Waals surface area contributed by atoms with Crippen LogP contribution in [0.5, 0.6) is 0 Å². The number of methoxy groups -OCH3 is 1. The molecule has 0 aliphatic rings. The lowest BCUT2D eigenvalue weighted by atomic mass is 10.1. The fourth-order valence-electron chi connectivity index (χ4n) is 4.29. The number of rotatable bonds is 11. The van der Waals surface area contributed by atoms with Crippen molar-refractivity contribution in [2.75, 3.05) is 26.8 Å². The number of fused-ring (bicyclic) bond motifs is 1. The topological polar surface area (TPSA) is 123 Å². The number of hydrogen-bond donors (Lipinski definition) is 0. The fraction of sp³-hybridized carbons (Fsp3) is 0.233. The Labute approximate surface area is 230 Å². The summed E-state index contributed by atoms with van der Waals surface area (Å²) >= 11 is 0. The van der Waals surface area contributed by atoms with Gasteiger partial charge >= 0.3 is 0 Å². The number of nitrogens with zero attached hydrogens (tertiary/aromatic N) is 3. The van der Waals surface area contributed by atoms with Crippen molar-refractivity contribution in [1.29, 1.82) is 0 Å². The predicted molar refractivity (Wildman–Crippen MR) is 149 cm³/mol. The fourth-order valence-corrected chi connectivity index (χ4v) is 4.29. The van der Waals surface area contributed by atoms with Crippen LogP contribution in [0.1, 0.15) is 27.0 Å². The van der Waals surface area contributed by atoms with Crippen molar-refractivity contribution in [3.63, 3.8) is 0 Å². The zero-order valence-electron chi connectivity index (χ0n) is 22.2. The van der Waals surface area contributed by atoms with Gasteiger partial charge in [0.25, 0.3) is 11.6 Å². The number of amides is 2. The number of non-ortho nitro benzene ring substituents is 1. The van der Waals surface area contributed by atoms with Crippen LogP contribution in [0, 0.1) is 17.0 Å². The summed E-state index contributed by atoms with van der Waals surface area (Å²) in [6, 6.07) is 20.0. The Hall–Kier alpha value is -4.83. The third-order valence-corrected chi connectivity index (χ3v) is 6.41. The van der Waals surface area contributed by atoms with Crippen LogP contribution in [0.4, 0.5) is 5.69 Å². The smallest absolute Gasteiger partial charge is 0.270 e. The van der Waals surface area contributed by atoms with Crippen molar-refractivity contribution in [2.45, 2.75) is 20.0 Å². The molecule has 1 heterocycles. The van der Waals surface area contributed by atoms with E-state index >= 15 is 0 Å². The normalized spacial score (nSPS) is 10.8. The van der Waals surface area contributed by atoms with Crippen molar-refractivity contribution in [1.82, 2.24) is 9.80 Å². The first kappa shape index (κ1) is 28.2. The van der Waals surface area contributed by atoms with Gasteiger partial charge in [-0.05, 0) is 30.7 Å². The third-order valence-electron chi connectivity index (χ3n) is 6.41. The number of carbonyl (C=O) groups is 2. The highest BCUT2D eigenvalue weighted by molar-refractivity contribution is 5.97. The Morgan fingerprint density at radius 3 is 2.48 bits per heavy atom. The predicted octanol–water partition coefficient (Wildman–Crippen LogP) is 4.33. The lowest BCUT2D eigenvalue weighted by Gasteiger charge is -2.28. The average molecular weight is 544 g/mol. The van der Waals surface area contributed by atoms with Gasteiger partial charge in [-0.25, -0.2) is 0 Å². The zero-order valence-corrected chi connectivity index (χ0v) is 22.2. The lowest BCUT2D eigenvalue weighted by Crippen LogP contribution is -2.44. The van der Waals surface area contributed by atoms with Crippen LogP contribution in [0.25, 0.3) is 11.0 Å². The van der Waals surface area contributed by atoms with Gasteiger partial charge in [0, 0.05) is 37.9 Å². The largest absolute Gasteiger partial charge is 0.464 e. The van der Waals surface area contributed by atoms with Gasteiger partial charge in [-0.2, -0.15) is 0 Å². The summed E-state index contributed by atoms with van der Waals surface area (Å²) in [5.74, 6) is -0.961. The minimum Gasteiger partial charge on any atom is -0.464 e. The Morgan fingerprint density at radius 1 is 0.975 bits per heavy atom. The molecular formula is C30H29N3O7. The molecule has 0 radical (unpaired) electrons. The molecule has 0 aliphatic heterocycles. The molecule has 3 aromatic carbocycles. The zero-order chi connectivity index (χ0) is 28.6. The summed E-state index contributed by atoms with van der Waals surface area (Å²) in [6.07, 6.45) is 1.36. The quantitative estimate of drug-likeness (QED) is 0.204. The molecule has 10 heteroatoms. The molecule has 40 heavy (non-hydrogen) atoms. The number of nitro groups is 1. The standard InChI is InChI=1S/C30H29N3O7/c1-21-11-12-27-26(15-21)29(35)24(20-40-27)18-32(17-22-7-4-3-5-8-22)28(34)19-31(13-14-39-2)30(36)23-9-6-10-25(16-23)33(37)38/h3-12,15-16,20H,13-14,17-19H2,1-2H3. The van der Waals surface area contributed by atoms with Crippen LogP contribution in [0.15, 0.2) is 88.3 Å². The summed E-state index contributed by atoms with van der Waals surface area (Å²) in [5, 5.41) is 11.6. The van der Waals surface area contributed by atoms with E-state index in [-0.39, 0.29) is 49.5 Å². The number of benzene rings is 3. The number of hydrogen-bond acceptors (Lipinski definition) is 7. The molecule has 0 saturated heterocycles. The highest BCUT2D eigenvalue weighted by Gasteiger charge is 2.25. The van der Waals surface area contributed by atoms with Crippen LogP contribution >= 0.6 is 0 Å². The van der Waals surface area contributed by atoms with E-state index in [2.05, 4.69) is 0 Å². The van der Waals surface area contributed by atoms with Crippen molar-refractivity contribution in [3.8, 4) is 0 Å². The van der Waals surface area contributed by atoms with E-state index in [4.69, 9.17) is 9.15 Å². The first-order valence-corrected chi connectivity index (χ1v) is 12.6. The van der Waals surface area contributed by atoms with E-state index in [0.717, 1.165) is 11.1 Å². The second kappa shape index (κ2) is 12.8. The van der Waals surface area contributed by atoms with Gasteiger partial charge in [-0.3, -0.25) is 24.5 Å². The van der Waals surface area contributed by atoms with Crippen molar-refractivity contribution in [3.05, 3.63) is 122 Å². The average Bonchev–Trinajstić information content (AvgIpc) is 2.96. The Kier molecular flexibility index (Phi) is 9.03. The van der Waals surface area contributed by atoms with Crippen LogP contribution in [0.3, 0.4) is 0 Å². The third kappa shape index (κ3) is 6.78. The Balaban J connectivity index is 1.64. The van der Waals surface area contributed by atoms with E-state index in [1.807, 2.05) is 43.3 Å². The SMILES string of the molecule is COCCN(CC(=O)N(Cc1ccccc1)Cc1coc2ccc(C)cc2c1=O)C(=O)c1cccc([N+](=O)[O-])c1. The van der Waals surface area contributed by atoms with Crippen molar-refractivity contribution in [2.24, 2.45) is 0 Å². The first-order valence-electron chi connectivity index (χ1n) is 12.6. The summed E-state index contributed by atoms with van der Waals surface area (Å²) in [5.41, 5.74) is 2.11. The number of aryl methyl sites for hydroxylation is 1. The first-order chi connectivity index (χ1) is 19.3. The second-order valence-corrected chi connectivity index (χ2v) is 9.35. The molecule has 0 fully saturated rings.